The number of hydrogen-bond donors (Lipinski definition) is 1. The lowest BCUT2D eigenvalue weighted by Gasteiger charge is -2.20. The van der Waals surface area contributed by atoms with Crippen molar-refractivity contribution in [1.29, 1.82) is 0 Å². The van der Waals surface area contributed by atoms with Crippen LogP contribution in [0.4, 0.5) is 0 Å². The topological polar surface area (TPSA) is 47.7 Å². The van der Waals surface area contributed by atoms with Gasteiger partial charge in [-0.3, -0.25) is 4.68 Å². The van der Waals surface area contributed by atoms with Gasteiger partial charge in [-0.2, -0.15) is 5.10 Å². The molecule has 0 amide bonds. The first-order valence-electron chi connectivity index (χ1n) is 5.93. The maximum atomic E-state index is 6.27. The number of nitrogens with one attached hydrogen (secondary N) is 1. The SMILES string of the molecule is CNC(c1nccn1C)c1c(Cl)cnn1C(C)C. The number of aromatic nitrogens is 4. The van der Waals surface area contributed by atoms with Gasteiger partial charge in [0.25, 0.3) is 0 Å². The van der Waals surface area contributed by atoms with Crippen molar-refractivity contribution in [2.75, 3.05) is 7.05 Å². The van der Waals surface area contributed by atoms with Crippen molar-refractivity contribution >= 4 is 11.6 Å². The molecule has 0 saturated carbocycles. The molecule has 0 fully saturated rings. The highest BCUT2D eigenvalue weighted by atomic mass is 35.5. The van der Waals surface area contributed by atoms with Crippen LogP contribution in [0.25, 0.3) is 0 Å². The Kier molecular flexibility index (Phi) is 3.73. The Hall–Kier alpha value is -1.33. The summed E-state index contributed by atoms with van der Waals surface area (Å²) in [6, 6.07) is 0.186. The van der Waals surface area contributed by atoms with Crippen molar-refractivity contribution in [2.24, 2.45) is 7.05 Å². The third-order valence-corrected chi connectivity index (χ3v) is 3.25. The maximum absolute atomic E-state index is 6.27. The Labute approximate surface area is 112 Å². The van der Waals surface area contributed by atoms with E-state index >= 15 is 0 Å². The molecule has 2 rings (SSSR count). The van der Waals surface area contributed by atoms with Crippen molar-refractivity contribution in [3.8, 4) is 0 Å². The molecule has 0 aliphatic heterocycles. The summed E-state index contributed by atoms with van der Waals surface area (Å²) in [6.45, 7) is 4.16. The molecule has 1 atom stereocenters. The van der Waals surface area contributed by atoms with Crippen molar-refractivity contribution in [3.05, 3.63) is 35.1 Å². The van der Waals surface area contributed by atoms with Gasteiger partial charge in [-0.1, -0.05) is 11.6 Å². The van der Waals surface area contributed by atoms with Crippen molar-refractivity contribution in [1.82, 2.24) is 24.6 Å². The number of aryl methyl sites for hydroxylation is 1. The van der Waals surface area contributed by atoms with Gasteiger partial charge in [-0.25, -0.2) is 4.98 Å². The molecule has 1 unspecified atom stereocenters. The highest BCUT2D eigenvalue weighted by molar-refractivity contribution is 6.31. The minimum absolute atomic E-state index is 0.0672. The van der Waals surface area contributed by atoms with Crippen LogP contribution in [0.3, 0.4) is 0 Å². The summed E-state index contributed by atoms with van der Waals surface area (Å²) in [6.07, 6.45) is 5.39. The van der Waals surface area contributed by atoms with Gasteiger partial charge < -0.3 is 9.88 Å². The van der Waals surface area contributed by atoms with E-state index in [4.69, 9.17) is 11.6 Å². The molecule has 0 spiro atoms. The molecule has 2 heterocycles. The number of halogens is 1. The zero-order valence-electron chi connectivity index (χ0n) is 11.1. The van der Waals surface area contributed by atoms with Gasteiger partial charge in [-0.15, -0.1) is 0 Å². The molecule has 6 heteroatoms. The zero-order valence-corrected chi connectivity index (χ0v) is 11.8. The first kappa shape index (κ1) is 13.1. The van der Waals surface area contributed by atoms with E-state index in [1.54, 1.807) is 12.4 Å². The number of hydrogen-bond acceptors (Lipinski definition) is 3. The quantitative estimate of drug-likeness (QED) is 0.924. The van der Waals surface area contributed by atoms with Gasteiger partial charge >= 0.3 is 0 Å². The number of imidazole rings is 1. The minimum atomic E-state index is -0.0672. The van der Waals surface area contributed by atoms with Crippen LogP contribution in [0, 0.1) is 0 Å². The fraction of sp³-hybridized carbons (Fsp3) is 0.500. The third-order valence-electron chi connectivity index (χ3n) is 2.95. The lowest BCUT2D eigenvalue weighted by molar-refractivity contribution is 0.473. The lowest BCUT2D eigenvalue weighted by atomic mass is 10.2. The second-order valence-corrected chi connectivity index (χ2v) is 4.94. The normalized spacial score (nSPS) is 13.2. The Balaban J connectivity index is 2.52. The van der Waals surface area contributed by atoms with Crippen LogP contribution in [-0.2, 0) is 7.05 Å². The van der Waals surface area contributed by atoms with E-state index in [0.29, 0.717) is 5.02 Å². The zero-order chi connectivity index (χ0) is 13.3. The Morgan fingerprint density at radius 2 is 2.11 bits per heavy atom. The molecule has 5 nitrogen and oxygen atoms in total. The highest BCUT2D eigenvalue weighted by Crippen LogP contribution is 2.28. The van der Waals surface area contributed by atoms with Gasteiger partial charge in [0, 0.05) is 25.5 Å². The van der Waals surface area contributed by atoms with E-state index in [1.807, 2.05) is 29.5 Å². The summed E-state index contributed by atoms with van der Waals surface area (Å²) < 4.78 is 3.91. The van der Waals surface area contributed by atoms with Gasteiger partial charge in [0.05, 0.1) is 16.9 Å². The molecule has 18 heavy (non-hydrogen) atoms. The first-order valence-corrected chi connectivity index (χ1v) is 6.31. The monoisotopic (exact) mass is 267 g/mol. The fourth-order valence-electron chi connectivity index (χ4n) is 2.08. The molecule has 0 saturated heterocycles. The van der Waals surface area contributed by atoms with Crippen LogP contribution in [0.2, 0.25) is 5.02 Å². The Bertz CT molecular complexity index is 528. The number of nitrogens with zero attached hydrogens (tertiary/aromatic N) is 4. The smallest absolute Gasteiger partial charge is 0.131 e. The predicted octanol–water partition coefficient (Wildman–Crippen LogP) is 2.16. The summed E-state index contributed by atoms with van der Waals surface area (Å²) in [5.74, 6) is 0.918. The van der Waals surface area contributed by atoms with Crippen LogP contribution >= 0.6 is 11.6 Å². The Morgan fingerprint density at radius 3 is 2.61 bits per heavy atom. The summed E-state index contributed by atoms with van der Waals surface area (Å²) >= 11 is 6.27. The number of rotatable bonds is 4. The summed E-state index contributed by atoms with van der Waals surface area (Å²) in [5.41, 5.74) is 0.948. The molecular formula is C12H18ClN5. The van der Waals surface area contributed by atoms with E-state index in [2.05, 4.69) is 29.2 Å². The molecule has 0 aliphatic rings. The standard InChI is InChI=1S/C12H18ClN5/c1-8(2)18-11(9(13)7-16-18)10(14-3)12-15-5-6-17(12)4/h5-8,10,14H,1-4H3. The summed E-state index contributed by atoms with van der Waals surface area (Å²) in [4.78, 5) is 4.39. The largest absolute Gasteiger partial charge is 0.336 e. The first-order chi connectivity index (χ1) is 8.56. The van der Waals surface area contributed by atoms with Crippen LogP contribution in [0.1, 0.15) is 37.4 Å². The average Bonchev–Trinajstić information content (AvgIpc) is 2.89. The molecule has 2 aromatic rings. The molecule has 0 aromatic carbocycles. The maximum Gasteiger partial charge on any atom is 0.131 e. The highest BCUT2D eigenvalue weighted by Gasteiger charge is 2.24. The van der Waals surface area contributed by atoms with Crippen LogP contribution in [-0.4, -0.2) is 26.4 Å². The second kappa shape index (κ2) is 5.12. The molecule has 2 aromatic heterocycles. The molecular weight excluding hydrogens is 250 g/mol. The minimum Gasteiger partial charge on any atom is -0.336 e. The fourth-order valence-corrected chi connectivity index (χ4v) is 2.32. The van der Waals surface area contributed by atoms with E-state index in [1.165, 1.54) is 0 Å². The van der Waals surface area contributed by atoms with Gasteiger partial charge in [0.2, 0.25) is 0 Å². The van der Waals surface area contributed by atoms with Gasteiger partial charge in [-0.05, 0) is 20.9 Å². The molecule has 98 valence electrons. The molecule has 0 radical (unpaired) electrons. The van der Waals surface area contributed by atoms with Crippen molar-refractivity contribution in [3.63, 3.8) is 0 Å². The predicted molar refractivity (Wildman–Crippen MR) is 71.7 cm³/mol. The van der Waals surface area contributed by atoms with Crippen LogP contribution in [0.15, 0.2) is 18.6 Å². The van der Waals surface area contributed by atoms with Gasteiger partial charge in [0.15, 0.2) is 0 Å². The van der Waals surface area contributed by atoms with Crippen LogP contribution in [0.5, 0.6) is 0 Å². The van der Waals surface area contributed by atoms with E-state index < -0.39 is 0 Å². The molecule has 0 bridgehead atoms. The Morgan fingerprint density at radius 1 is 1.39 bits per heavy atom. The lowest BCUT2D eigenvalue weighted by Crippen LogP contribution is -2.25. The second-order valence-electron chi connectivity index (χ2n) is 4.53. The van der Waals surface area contributed by atoms with E-state index in [9.17, 15) is 0 Å². The summed E-state index contributed by atoms with van der Waals surface area (Å²) in [7, 11) is 3.87. The van der Waals surface area contributed by atoms with Crippen molar-refractivity contribution in [2.45, 2.75) is 25.9 Å². The average molecular weight is 268 g/mol. The van der Waals surface area contributed by atoms with Gasteiger partial charge in [0.1, 0.15) is 11.9 Å². The van der Waals surface area contributed by atoms with E-state index in [-0.39, 0.29) is 12.1 Å². The molecule has 1 N–H and O–H groups in total. The molecule has 0 aliphatic carbocycles. The summed E-state index contributed by atoms with van der Waals surface area (Å²) in [5, 5.41) is 8.24. The third kappa shape index (κ3) is 2.15. The van der Waals surface area contributed by atoms with Crippen molar-refractivity contribution < 1.29 is 0 Å². The van der Waals surface area contributed by atoms with E-state index in [0.717, 1.165) is 11.5 Å². The van der Waals surface area contributed by atoms with Crippen LogP contribution < -0.4 is 5.32 Å².